The highest BCUT2D eigenvalue weighted by atomic mass is 16.6. The fourth-order valence-electron chi connectivity index (χ4n) is 3.12. The van der Waals surface area contributed by atoms with Gasteiger partial charge in [0.05, 0.1) is 24.0 Å². The van der Waals surface area contributed by atoms with E-state index in [-0.39, 0.29) is 30.2 Å². The van der Waals surface area contributed by atoms with Crippen LogP contribution in [0.2, 0.25) is 0 Å². The maximum Gasteiger partial charge on any atom is 0.273 e. The van der Waals surface area contributed by atoms with E-state index in [1.807, 2.05) is 37.3 Å². The molecule has 2 aromatic rings. The fraction of sp³-hybridized carbons (Fsp3) is 0.316. The van der Waals surface area contributed by atoms with Crippen LogP contribution in [0.4, 0.5) is 5.69 Å². The summed E-state index contributed by atoms with van der Waals surface area (Å²) in [5.74, 6) is -0.120. The van der Waals surface area contributed by atoms with Gasteiger partial charge in [-0.1, -0.05) is 48.5 Å². The molecule has 0 N–H and O–H groups in total. The van der Waals surface area contributed by atoms with Gasteiger partial charge in [-0.25, -0.2) is 0 Å². The van der Waals surface area contributed by atoms with Crippen LogP contribution < -0.4 is 0 Å². The lowest BCUT2D eigenvalue weighted by Crippen LogP contribution is -2.46. The Bertz CT molecular complexity index is 763. The Balaban J connectivity index is 1.75. The van der Waals surface area contributed by atoms with Crippen molar-refractivity contribution in [2.24, 2.45) is 0 Å². The summed E-state index contributed by atoms with van der Waals surface area (Å²) < 4.78 is 5.96. The lowest BCUT2D eigenvalue weighted by molar-refractivity contribution is -0.385. The monoisotopic (exact) mass is 340 g/mol. The van der Waals surface area contributed by atoms with E-state index >= 15 is 0 Å². The minimum absolute atomic E-state index is 0.0169. The minimum Gasteiger partial charge on any atom is -0.367 e. The largest absolute Gasteiger partial charge is 0.367 e. The van der Waals surface area contributed by atoms with E-state index in [4.69, 9.17) is 4.74 Å². The van der Waals surface area contributed by atoms with E-state index < -0.39 is 4.92 Å². The van der Waals surface area contributed by atoms with Gasteiger partial charge in [0.2, 0.25) is 5.91 Å². The molecule has 1 saturated heterocycles. The van der Waals surface area contributed by atoms with Crippen molar-refractivity contribution in [1.82, 2.24) is 4.90 Å². The van der Waals surface area contributed by atoms with Crippen LogP contribution in [-0.2, 0) is 16.0 Å². The van der Waals surface area contributed by atoms with Crippen molar-refractivity contribution in [3.05, 3.63) is 75.8 Å². The summed E-state index contributed by atoms with van der Waals surface area (Å²) in [6.45, 7) is 2.87. The van der Waals surface area contributed by atoms with E-state index in [1.165, 1.54) is 6.07 Å². The zero-order chi connectivity index (χ0) is 17.8. The number of nitrogens with zero attached hydrogens (tertiary/aromatic N) is 2. The smallest absolute Gasteiger partial charge is 0.273 e. The molecule has 1 heterocycles. The highest BCUT2D eigenvalue weighted by Crippen LogP contribution is 2.26. The number of benzene rings is 2. The minimum atomic E-state index is -0.447. The average molecular weight is 340 g/mol. The Morgan fingerprint density at radius 1 is 1.16 bits per heavy atom. The van der Waals surface area contributed by atoms with Crippen LogP contribution in [0.5, 0.6) is 0 Å². The third-order valence-corrected chi connectivity index (χ3v) is 4.31. The molecular weight excluding hydrogens is 320 g/mol. The molecule has 2 atom stereocenters. The van der Waals surface area contributed by atoms with Gasteiger partial charge in [0, 0.05) is 18.2 Å². The van der Waals surface area contributed by atoms with Crippen molar-refractivity contribution in [3.63, 3.8) is 0 Å². The highest BCUT2D eigenvalue weighted by Gasteiger charge is 2.30. The molecule has 1 aliphatic rings. The maximum atomic E-state index is 12.7. The van der Waals surface area contributed by atoms with Crippen molar-refractivity contribution in [3.8, 4) is 0 Å². The molecule has 1 fully saturated rings. The normalized spacial score (nSPS) is 20.3. The molecule has 0 radical (unpaired) electrons. The van der Waals surface area contributed by atoms with Crippen LogP contribution in [0.25, 0.3) is 0 Å². The zero-order valence-corrected chi connectivity index (χ0v) is 14.0. The number of hydrogen-bond donors (Lipinski definition) is 0. The van der Waals surface area contributed by atoms with Crippen LogP contribution >= 0.6 is 0 Å². The number of amides is 1. The quantitative estimate of drug-likeness (QED) is 0.633. The Labute approximate surface area is 146 Å². The van der Waals surface area contributed by atoms with Crippen LogP contribution in [0.15, 0.2) is 54.6 Å². The number of para-hydroxylation sites is 1. The van der Waals surface area contributed by atoms with Crippen molar-refractivity contribution < 1.29 is 14.5 Å². The number of rotatable bonds is 4. The second kappa shape index (κ2) is 7.44. The zero-order valence-electron chi connectivity index (χ0n) is 14.0. The predicted molar refractivity (Wildman–Crippen MR) is 93.1 cm³/mol. The molecule has 0 spiro atoms. The summed E-state index contributed by atoms with van der Waals surface area (Å²) in [5.41, 5.74) is 1.45. The van der Waals surface area contributed by atoms with Gasteiger partial charge in [-0.05, 0) is 12.5 Å². The second-order valence-electron chi connectivity index (χ2n) is 6.21. The van der Waals surface area contributed by atoms with Crippen molar-refractivity contribution in [2.75, 3.05) is 13.1 Å². The molecule has 6 heteroatoms. The summed E-state index contributed by atoms with van der Waals surface area (Å²) in [6.07, 6.45) is -0.251. The SMILES string of the molecule is C[C@H]1CN(C(=O)Cc2ccccc2[N+](=O)[O-])C[C@@H](c2ccccc2)O1. The molecule has 3 rings (SSSR count). The van der Waals surface area contributed by atoms with Crippen LogP contribution in [0.3, 0.4) is 0 Å². The van der Waals surface area contributed by atoms with E-state index in [2.05, 4.69) is 0 Å². The first-order valence-electron chi connectivity index (χ1n) is 8.25. The van der Waals surface area contributed by atoms with Gasteiger partial charge in [0.1, 0.15) is 6.10 Å². The molecule has 0 unspecified atom stereocenters. The van der Waals surface area contributed by atoms with Crippen molar-refractivity contribution in [2.45, 2.75) is 25.6 Å². The summed E-state index contributed by atoms with van der Waals surface area (Å²) >= 11 is 0. The van der Waals surface area contributed by atoms with Gasteiger partial charge in [-0.2, -0.15) is 0 Å². The predicted octanol–water partition coefficient (Wildman–Crippen LogP) is 3.13. The summed E-state index contributed by atoms with van der Waals surface area (Å²) in [4.78, 5) is 25.1. The third kappa shape index (κ3) is 4.03. The lowest BCUT2D eigenvalue weighted by atomic mass is 10.0. The molecule has 1 aliphatic heterocycles. The van der Waals surface area contributed by atoms with Crippen LogP contribution in [-0.4, -0.2) is 34.9 Å². The Morgan fingerprint density at radius 3 is 2.56 bits per heavy atom. The highest BCUT2D eigenvalue weighted by molar-refractivity contribution is 5.80. The van der Waals surface area contributed by atoms with Gasteiger partial charge in [0.15, 0.2) is 0 Å². The number of carbonyl (C=O) groups excluding carboxylic acids is 1. The van der Waals surface area contributed by atoms with Gasteiger partial charge in [-0.15, -0.1) is 0 Å². The number of hydrogen-bond acceptors (Lipinski definition) is 4. The molecule has 0 saturated carbocycles. The Hall–Kier alpha value is -2.73. The molecule has 0 aliphatic carbocycles. The molecule has 0 bridgehead atoms. The van der Waals surface area contributed by atoms with Gasteiger partial charge in [0.25, 0.3) is 5.69 Å². The Morgan fingerprint density at radius 2 is 1.84 bits per heavy atom. The van der Waals surface area contributed by atoms with E-state index in [0.29, 0.717) is 18.7 Å². The average Bonchev–Trinajstić information content (AvgIpc) is 2.62. The number of morpholine rings is 1. The van der Waals surface area contributed by atoms with Gasteiger partial charge >= 0.3 is 0 Å². The lowest BCUT2D eigenvalue weighted by Gasteiger charge is -2.37. The first-order chi connectivity index (χ1) is 12.0. The fourth-order valence-corrected chi connectivity index (χ4v) is 3.12. The van der Waals surface area contributed by atoms with Crippen molar-refractivity contribution >= 4 is 11.6 Å². The third-order valence-electron chi connectivity index (χ3n) is 4.31. The van der Waals surface area contributed by atoms with Crippen LogP contribution in [0.1, 0.15) is 24.2 Å². The number of ether oxygens (including phenoxy) is 1. The Kier molecular flexibility index (Phi) is 5.09. The molecule has 25 heavy (non-hydrogen) atoms. The molecule has 6 nitrogen and oxygen atoms in total. The van der Waals surface area contributed by atoms with E-state index in [0.717, 1.165) is 5.56 Å². The topological polar surface area (TPSA) is 72.7 Å². The number of nitro groups is 1. The second-order valence-corrected chi connectivity index (χ2v) is 6.21. The van der Waals surface area contributed by atoms with Gasteiger partial charge in [-0.3, -0.25) is 14.9 Å². The maximum absolute atomic E-state index is 12.7. The molecular formula is C19H20N2O4. The number of carbonyl (C=O) groups is 1. The van der Waals surface area contributed by atoms with Crippen LogP contribution in [0, 0.1) is 10.1 Å². The molecule has 0 aromatic heterocycles. The molecule has 130 valence electrons. The standard InChI is InChI=1S/C19H20N2O4/c1-14-12-20(13-18(25-14)15-7-3-2-4-8-15)19(22)11-16-9-5-6-10-17(16)21(23)24/h2-10,14,18H,11-13H2,1H3/t14-,18-/m0/s1. The summed E-state index contributed by atoms with van der Waals surface area (Å²) in [5, 5.41) is 11.1. The van der Waals surface area contributed by atoms with Crippen molar-refractivity contribution in [1.29, 1.82) is 0 Å². The van der Waals surface area contributed by atoms with E-state index in [1.54, 1.807) is 23.1 Å². The molecule has 2 aromatic carbocycles. The number of nitro benzene ring substituents is 1. The first kappa shape index (κ1) is 17.1. The molecule has 1 amide bonds. The van der Waals surface area contributed by atoms with Gasteiger partial charge < -0.3 is 9.64 Å². The van der Waals surface area contributed by atoms with E-state index in [9.17, 15) is 14.9 Å². The summed E-state index contributed by atoms with van der Waals surface area (Å²) in [6, 6.07) is 16.2. The summed E-state index contributed by atoms with van der Waals surface area (Å²) in [7, 11) is 0. The first-order valence-corrected chi connectivity index (χ1v) is 8.25.